The number of hydrogen-bond donors (Lipinski definition) is 1. The number of nitrogens with zero attached hydrogens (tertiary/aromatic N) is 1. The highest BCUT2D eigenvalue weighted by atomic mass is 16.6. The number of benzene rings is 1. The quantitative estimate of drug-likeness (QED) is 0.635. The number of ether oxygens (including phenoxy) is 1. The van der Waals surface area contributed by atoms with Gasteiger partial charge in [0.05, 0.1) is 10.5 Å². The monoisotopic (exact) mass is 280 g/mol. The molecule has 112 valence electrons. The first kappa shape index (κ1) is 16.4. The van der Waals surface area contributed by atoms with Crippen LogP contribution >= 0.6 is 0 Å². The molecule has 0 bridgehead atoms. The van der Waals surface area contributed by atoms with Gasteiger partial charge in [0.25, 0.3) is 5.69 Å². The zero-order valence-corrected chi connectivity index (χ0v) is 13.1. The summed E-state index contributed by atoms with van der Waals surface area (Å²) in [5, 5.41) is 14.4. The van der Waals surface area contributed by atoms with Crippen LogP contribution in [-0.2, 0) is 4.74 Å². The summed E-state index contributed by atoms with van der Waals surface area (Å²) in [4.78, 5) is 10.8. The van der Waals surface area contributed by atoms with Crippen molar-refractivity contribution in [1.82, 2.24) is 0 Å². The standard InChI is InChI=1S/C15H24N2O3/c1-10-7-13(14(17(18)19)8-11(10)2)16-12(3)9-15(4,5)20-6/h7-8,12,16H,9H2,1-6H3. The summed E-state index contributed by atoms with van der Waals surface area (Å²) >= 11 is 0. The van der Waals surface area contributed by atoms with E-state index in [1.165, 1.54) is 0 Å². The van der Waals surface area contributed by atoms with Crippen LogP contribution in [0.4, 0.5) is 11.4 Å². The number of nitro benzene ring substituents is 1. The van der Waals surface area contributed by atoms with Crippen LogP contribution in [0, 0.1) is 24.0 Å². The van der Waals surface area contributed by atoms with Crippen LogP contribution in [0.2, 0.25) is 0 Å². The van der Waals surface area contributed by atoms with E-state index in [0.29, 0.717) is 5.69 Å². The van der Waals surface area contributed by atoms with Crippen LogP contribution in [0.5, 0.6) is 0 Å². The van der Waals surface area contributed by atoms with Gasteiger partial charge >= 0.3 is 0 Å². The van der Waals surface area contributed by atoms with Gasteiger partial charge in [-0.05, 0) is 58.2 Å². The third-order valence-electron chi connectivity index (χ3n) is 3.56. The minimum Gasteiger partial charge on any atom is -0.379 e. The van der Waals surface area contributed by atoms with Gasteiger partial charge in [0.15, 0.2) is 0 Å². The molecule has 1 aromatic rings. The SMILES string of the molecule is COC(C)(C)CC(C)Nc1cc(C)c(C)cc1[N+](=O)[O-]. The van der Waals surface area contributed by atoms with Crippen molar-refractivity contribution in [2.45, 2.75) is 52.7 Å². The van der Waals surface area contributed by atoms with Crippen LogP contribution in [0.15, 0.2) is 12.1 Å². The van der Waals surface area contributed by atoms with Crippen molar-refractivity contribution in [3.8, 4) is 0 Å². The van der Waals surface area contributed by atoms with Gasteiger partial charge in [0, 0.05) is 19.2 Å². The molecule has 0 saturated carbocycles. The molecule has 20 heavy (non-hydrogen) atoms. The average Bonchev–Trinajstić information content (AvgIpc) is 2.32. The molecule has 1 N–H and O–H groups in total. The van der Waals surface area contributed by atoms with Crippen LogP contribution in [0.1, 0.15) is 38.3 Å². The predicted octanol–water partition coefficient (Wildman–Crippen LogP) is 3.83. The molecule has 0 saturated heterocycles. The first-order valence-corrected chi connectivity index (χ1v) is 6.73. The van der Waals surface area contributed by atoms with Crippen LogP contribution in [-0.4, -0.2) is 23.7 Å². The number of aryl methyl sites for hydroxylation is 2. The van der Waals surface area contributed by atoms with E-state index in [0.717, 1.165) is 17.5 Å². The first-order chi connectivity index (χ1) is 9.16. The van der Waals surface area contributed by atoms with Crippen molar-refractivity contribution >= 4 is 11.4 Å². The van der Waals surface area contributed by atoms with Gasteiger partial charge in [-0.3, -0.25) is 10.1 Å². The lowest BCUT2D eigenvalue weighted by molar-refractivity contribution is -0.384. The Labute approximate surface area is 120 Å². The number of methoxy groups -OCH3 is 1. The zero-order valence-electron chi connectivity index (χ0n) is 13.1. The molecule has 5 heteroatoms. The lowest BCUT2D eigenvalue weighted by Crippen LogP contribution is -2.31. The Morgan fingerprint density at radius 2 is 1.90 bits per heavy atom. The second-order valence-corrected chi connectivity index (χ2v) is 5.92. The summed E-state index contributed by atoms with van der Waals surface area (Å²) < 4.78 is 5.39. The third kappa shape index (κ3) is 4.20. The van der Waals surface area contributed by atoms with E-state index < -0.39 is 0 Å². The number of rotatable bonds is 6. The molecule has 1 aromatic carbocycles. The highest BCUT2D eigenvalue weighted by Gasteiger charge is 2.22. The fraction of sp³-hybridized carbons (Fsp3) is 0.600. The smallest absolute Gasteiger partial charge is 0.292 e. The Bertz CT molecular complexity index is 498. The van der Waals surface area contributed by atoms with Gasteiger partial charge in [-0.15, -0.1) is 0 Å². The summed E-state index contributed by atoms with van der Waals surface area (Å²) in [7, 11) is 1.67. The number of anilines is 1. The number of nitrogens with one attached hydrogen (secondary N) is 1. The van der Waals surface area contributed by atoms with Gasteiger partial charge in [0.2, 0.25) is 0 Å². The summed E-state index contributed by atoms with van der Waals surface area (Å²) in [5.41, 5.74) is 2.39. The molecule has 0 heterocycles. The van der Waals surface area contributed by atoms with Gasteiger partial charge < -0.3 is 10.1 Å². The van der Waals surface area contributed by atoms with Gasteiger partial charge in [-0.25, -0.2) is 0 Å². The second-order valence-electron chi connectivity index (χ2n) is 5.92. The highest BCUT2D eigenvalue weighted by molar-refractivity contribution is 5.64. The Kier molecular flexibility index (Phi) is 5.11. The molecule has 1 unspecified atom stereocenters. The normalized spacial score (nSPS) is 13.1. The molecule has 0 aliphatic rings. The van der Waals surface area contributed by atoms with E-state index in [2.05, 4.69) is 5.32 Å². The minimum absolute atomic E-state index is 0.0748. The lowest BCUT2D eigenvalue weighted by Gasteiger charge is -2.27. The Morgan fingerprint density at radius 3 is 2.40 bits per heavy atom. The number of nitro groups is 1. The molecular formula is C15H24N2O3. The van der Waals surface area contributed by atoms with E-state index in [-0.39, 0.29) is 22.3 Å². The van der Waals surface area contributed by atoms with Crippen molar-refractivity contribution in [3.05, 3.63) is 33.4 Å². The molecule has 0 aliphatic heterocycles. The molecule has 1 rings (SSSR count). The molecule has 0 aliphatic carbocycles. The predicted molar refractivity (Wildman–Crippen MR) is 81.4 cm³/mol. The topological polar surface area (TPSA) is 64.4 Å². The molecule has 1 atom stereocenters. The Balaban J connectivity index is 2.97. The van der Waals surface area contributed by atoms with E-state index in [1.807, 2.05) is 40.7 Å². The molecule has 0 radical (unpaired) electrons. The third-order valence-corrected chi connectivity index (χ3v) is 3.56. The minimum atomic E-state index is -0.344. The Morgan fingerprint density at radius 1 is 1.35 bits per heavy atom. The van der Waals surface area contributed by atoms with E-state index in [9.17, 15) is 10.1 Å². The van der Waals surface area contributed by atoms with Crippen molar-refractivity contribution in [2.24, 2.45) is 0 Å². The van der Waals surface area contributed by atoms with Crippen molar-refractivity contribution < 1.29 is 9.66 Å². The van der Waals surface area contributed by atoms with Gasteiger partial charge in [-0.2, -0.15) is 0 Å². The highest BCUT2D eigenvalue weighted by Crippen LogP contribution is 2.29. The molecule has 0 amide bonds. The van der Waals surface area contributed by atoms with Crippen molar-refractivity contribution in [1.29, 1.82) is 0 Å². The summed E-state index contributed by atoms with van der Waals surface area (Å²) in [6, 6.07) is 3.53. The van der Waals surface area contributed by atoms with Crippen LogP contribution in [0.25, 0.3) is 0 Å². The lowest BCUT2D eigenvalue weighted by atomic mass is 9.99. The fourth-order valence-corrected chi connectivity index (χ4v) is 2.20. The summed E-state index contributed by atoms with van der Waals surface area (Å²) in [5.74, 6) is 0. The molecule has 0 fully saturated rings. The van der Waals surface area contributed by atoms with E-state index in [1.54, 1.807) is 13.2 Å². The van der Waals surface area contributed by atoms with Crippen molar-refractivity contribution in [2.75, 3.05) is 12.4 Å². The zero-order chi connectivity index (χ0) is 15.5. The van der Waals surface area contributed by atoms with Gasteiger partial charge in [0.1, 0.15) is 5.69 Å². The number of hydrogen-bond acceptors (Lipinski definition) is 4. The largest absolute Gasteiger partial charge is 0.379 e. The van der Waals surface area contributed by atoms with E-state index >= 15 is 0 Å². The fourth-order valence-electron chi connectivity index (χ4n) is 2.20. The summed E-state index contributed by atoms with van der Waals surface area (Å²) in [6.45, 7) is 9.83. The maximum Gasteiger partial charge on any atom is 0.292 e. The molecule has 0 spiro atoms. The maximum absolute atomic E-state index is 11.1. The summed E-state index contributed by atoms with van der Waals surface area (Å²) in [6.07, 6.45) is 0.758. The van der Waals surface area contributed by atoms with Crippen molar-refractivity contribution in [3.63, 3.8) is 0 Å². The molecule has 5 nitrogen and oxygen atoms in total. The maximum atomic E-state index is 11.1. The van der Waals surface area contributed by atoms with E-state index in [4.69, 9.17) is 4.74 Å². The Hall–Kier alpha value is -1.62. The first-order valence-electron chi connectivity index (χ1n) is 6.73. The molecule has 0 aromatic heterocycles. The van der Waals surface area contributed by atoms with Crippen LogP contribution in [0.3, 0.4) is 0 Å². The average molecular weight is 280 g/mol. The van der Waals surface area contributed by atoms with Gasteiger partial charge in [-0.1, -0.05) is 0 Å². The van der Waals surface area contributed by atoms with Crippen LogP contribution < -0.4 is 5.32 Å². The second kappa shape index (κ2) is 6.22. The molecular weight excluding hydrogens is 256 g/mol.